The maximum atomic E-state index is 13.9. The highest BCUT2D eigenvalue weighted by atomic mass is 19.1. The summed E-state index contributed by atoms with van der Waals surface area (Å²) in [6, 6.07) is 17.9. The lowest BCUT2D eigenvalue weighted by atomic mass is 9.93. The van der Waals surface area contributed by atoms with Crippen LogP contribution >= 0.6 is 0 Å². The van der Waals surface area contributed by atoms with Crippen LogP contribution in [0.4, 0.5) is 4.39 Å². The van der Waals surface area contributed by atoms with Crippen molar-refractivity contribution in [2.24, 2.45) is 5.92 Å². The number of H-pyrrole nitrogens is 1. The van der Waals surface area contributed by atoms with E-state index in [0.29, 0.717) is 17.9 Å². The van der Waals surface area contributed by atoms with Gasteiger partial charge in [-0.15, -0.1) is 0 Å². The SMILES string of the molecule is C/C=C(\C=C/C(C)N/C=C(/CCCc1c[nH]c2ccccc12)C(C)CC)c1cccnc1-c1ccc(F)c(C)c1.CCCC(=O)OC.CCO. The number of hydrogen-bond acceptors (Lipinski definition) is 5. The van der Waals surface area contributed by atoms with Crippen molar-refractivity contribution in [3.8, 4) is 11.3 Å². The number of hydrogen-bond donors (Lipinski definition) is 3. The predicted molar refractivity (Wildman–Crippen MR) is 208 cm³/mol. The summed E-state index contributed by atoms with van der Waals surface area (Å²) in [5.41, 5.74) is 8.60. The zero-order chi connectivity index (χ0) is 36.9. The Morgan fingerprint density at radius 1 is 1.08 bits per heavy atom. The van der Waals surface area contributed by atoms with Crippen LogP contribution in [0.2, 0.25) is 0 Å². The Bertz CT molecular complexity index is 1690. The number of aliphatic hydroxyl groups excluding tert-OH is 1. The van der Waals surface area contributed by atoms with Crippen LogP contribution in [-0.4, -0.2) is 40.8 Å². The van der Waals surface area contributed by atoms with Gasteiger partial charge in [0.1, 0.15) is 5.82 Å². The molecular weight excluding hydrogens is 625 g/mol. The van der Waals surface area contributed by atoms with Gasteiger partial charge >= 0.3 is 5.97 Å². The molecule has 3 N–H and O–H groups in total. The minimum atomic E-state index is -0.199. The predicted octanol–water partition coefficient (Wildman–Crippen LogP) is 10.5. The van der Waals surface area contributed by atoms with Crippen molar-refractivity contribution >= 4 is 22.4 Å². The number of ether oxygens (including phenoxy) is 1. The molecule has 0 aliphatic carbocycles. The molecule has 0 aliphatic rings. The largest absolute Gasteiger partial charge is 0.469 e. The number of halogens is 1. The Morgan fingerprint density at radius 3 is 2.46 bits per heavy atom. The molecule has 0 spiro atoms. The molecule has 0 aliphatic heterocycles. The number of allylic oxidation sites excluding steroid dienone is 4. The molecule has 0 amide bonds. The number of pyridine rings is 1. The number of rotatable bonds is 14. The molecule has 2 unspecified atom stereocenters. The first-order valence-electron chi connectivity index (χ1n) is 17.9. The number of nitrogens with one attached hydrogen (secondary N) is 2. The molecule has 4 aromatic rings. The molecule has 0 fully saturated rings. The van der Waals surface area contributed by atoms with E-state index >= 15 is 0 Å². The molecule has 4 rings (SSSR count). The van der Waals surface area contributed by atoms with Gasteiger partial charge in [-0.3, -0.25) is 9.78 Å². The molecular formula is C43H58FN3O3. The Balaban J connectivity index is 0.000000762. The fourth-order valence-electron chi connectivity index (χ4n) is 5.39. The molecule has 50 heavy (non-hydrogen) atoms. The van der Waals surface area contributed by atoms with Gasteiger partial charge in [0.15, 0.2) is 0 Å². The lowest BCUT2D eigenvalue weighted by Gasteiger charge is -2.17. The van der Waals surface area contributed by atoms with E-state index in [4.69, 9.17) is 5.11 Å². The number of para-hydroxylation sites is 1. The Labute approximate surface area is 299 Å². The molecule has 2 aromatic carbocycles. The lowest BCUT2D eigenvalue weighted by molar-refractivity contribution is -0.140. The van der Waals surface area contributed by atoms with Gasteiger partial charge in [-0.2, -0.15) is 0 Å². The van der Waals surface area contributed by atoms with Crippen molar-refractivity contribution in [3.05, 3.63) is 119 Å². The third-order valence-corrected chi connectivity index (χ3v) is 8.47. The molecule has 7 heteroatoms. The lowest BCUT2D eigenvalue weighted by Crippen LogP contribution is -2.19. The normalized spacial score (nSPS) is 12.8. The number of aromatic nitrogens is 2. The van der Waals surface area contributed by atoms with E-state index in [2.05, 4.69) is 102 Å². The summed E-state index contributed by atoms with van der Waals surface area (Å²) in [6.45, 7) is 14.4. The molecule has 270 valence electrons. The number of aryl methyl sites for hydroxylation is 2. The van der Waals surface area contributed by atoms with Crippen LogP contribution in [-0.2, 0) is 16.0 Å². The third-order valence-electron chi connectivity index (χ3n) is 8.47. The van der Waals surface area contributed by atoms with E-state index in [-0.39, 0.29) is 24.4 Å². The quantitative estimate of drug-likeness (QED) is 0.0910. The standard InChI is InChI=1S/C36H42FN3.C5H10O2.C2H6O/c1-6-25(3)30(12-10-13-31-24-40-35-16-9-8-14-32(31)35)23-39-27(5)17-18-28(7-2)33-15-11-21-38-36(33)29-19-20-34(37)26(4)22-29;1-3-4-5(6)7-2;1-2-3/h7-9,11,14-25,27,39-40H,6,10,12-13H2,1-5H3;3-4H2,1-2H3;3H,2H2,1H3/b18-17-,28-7+,30-23-;;. The second-order valence-electron chi connectivity index (χ2n) is 12.3. The van der Waals surface area contributed by atoms with Crippen molar-refractivity contribution in [1.82, 2.24) is 15.3 Å². The third kappa shape index (κ3) is 13.4. The highest BCUT2D eigenvalue weighted by Gasteiger charge is 2.12. The first kappa shape index (κ1) is 41.7. The smallest absolute Gasteiger partial charge is 0.305 e. The summed E-state index contributed by atoms with van der Waals surface area (Å²) in [6.07, 6.45) is 18.4. The number of esters is 1. The van der Waals surface area contributed by atoms with Crippen LogP contribution in [0.3, 0.4) is 0 Å². The van der Waals surface area contributed by atoms with Crippen LogP contribution in [0.5, 0.6) is 0 Å². The number of benzene rings is 2. The van der Waals surface area contributed by atoms with E-state index in [0.717, 1.165) is 54.5 Å². The van der Waals surface area contributed by atoms with Gasteiger partial charge < -0.3 is 20.1 Å². The van der Waals surface area contributed by atoms with Crippen LogP contribution in [0, 0.1) is 18.7 Å². The van der Waals surface area contributed by atoms with Crippen LogP contribution < -0.4 is 5.32 Å². The Hall–Kier alpha value is -4.49. The fraction of sp³-hybridized carbons (Fsp3) is 0.395. The Morgan fingerprint density at radius 2 is 1.82 bits per heavy atom. The number of aliphatic hydroxyl groups is 1. The van der Waals surface area contributed by atoms with Crippen molar-refractivity contribution in [2.75, 3.05) is 13.7 Å². The summed E-state index contributed by atoms with van der Waals surface area (Å²) in [5.74, 6) is 0.215. The van der Waals surface area contributed by atoms with Gasteiger partial charge in [0.25, 0.3) is 0 Å². The van der Waals surface area contributed by atoms with Crippen molar-refractivity contribution in [1.29, 1.82) is 0 Å². The van der Waals surface area contributed by atoms with Crippen LogP contribution in [0.25, 0.3) is 27.7 Å². The van der Waals surface area contributed by atoms with Crippen LogP contribution in [0.1, 0.15) is 90.3 Å². The molecule has 6 nitrogen and oxygen atoms in total. The van der Waals surface area contributed by atoms with Crippen LogP contribution in [0.15, 0.2) is 97.0 Å². The van der Waals surface area contributed by atoms with Gasteiger partial charge in [0, 0.05) is 53.5 Å². The number of aromatic amines is 1. The number of nitrogens with zero attached hydrogens (tertiary/aromatic N) is 1. The van der Waals surface area contributed by atoms with Gasteiger partial charge in [0.2, 0.25) is 0 Å². The maximum Gasteiger partial charge on any atom is 0.305 e. The first-order chi connectivity index (χ1) is 24.1. The fourth-order valence-corrected chi connectivity index (χ4v) is 5.39. The number of carbonyl (C=O) groups excluding carboxylic acids is 1. The number of fused-ring (bicyclic) bond motifs is 1. The number of methoxy groups -OCH3 is 1. The maximum absolute atomic E-state index is 13.9. The van der Waals surface area contributed by atoms with E-state index in [1.807, 2.05) is 26.0 Å². The molecule has 2 atom stereocenters. The van der Waals surface area contributed by atoms with Crippen molar-refractivity contribution in [2.45, 2.75) is 93.0 Å². The summed E-state index contributed by atoms with van der Waals surface area (Å²) >= 11 is 0. The van der Waals surface area contributed by atoms with Gasteiger partial charge in [-0.25, -0.2) is 4.39 Å². The van der Waals surface area contributed by atoms with Crippen molar-refractivity contribution in [3.63, 3.8) is 0 Å². The van der Waals surface area contributed by atoms with Gasteiger partial charge in [-0.05, 0) is 119 Å². The highest BCUT2D eigenvalue weighted by Crippen LogP contribution is 2.29. The molecule has 2 heterocycles. The molecule has 0 radical (unpaired) electrons. The molecule has 0 bridgehead atoms. The Kier molecular flexibility index (Phi) is 19.2. The van der Waals surface area contributed by atoms with E-state index in [1.54, 1.807) is 26.1 Å². The second kappa shape index (κ2) is 23.0. The van der Waals surface area contributed by atoms with Gasteiger partial charge in [-0.1, -0.05) is 68.8 Å². The summed E-state index contributed by atoms with van der Waals surface area (Å²) in [5, 5.41) is 12.5. The van der Waals surface area contributed by atoms with E-state index in [9.17, 15) is 9.18 Å². The average Bonchev–Trinajstić information content (AvgIpc) is 3.54. The molecule has 2 aromatic heterocycles. The average molecular weight is 684 g/mol. The first-order valence-corrected chi connectivity index (χ1v) is 17.9. The summed E-state index contributed by atoms with van der Waals surface area (Å²) in [4.78, 5) is 18.2. The summed E-state index contributed by atoms with van der Waals surface area (Å²) in [7, 11) is 1.40. The minimum absolute atomic E-state index is 0.123. The minimum Gasteiger partial charge on any atom is -0.469 e. The topological polar surface area (TPSA) is 87.2 Å². The second-order valence-corrected chi connectivity index (χ2v) is 12.3. The molecule has 0 saturated carbocycles. The zero-order valence-corrected chi connectivity index (χ0v) is 31.4. The molecule has 0 saturated heterocycles. The summed E-state index contributed by atoms with van der Waals surface area (Å²) < 4.78 is 18.2. The van der Waals surface area contributed by atoms with Gasteiger partial charge in [0.05, 0.1) is 12.8 Å². The van der Waals surface area contributed by atoms with E-state index < -0.39 is 0 Å². The van der Waals surface area contributed by atoms with Crippen molar-refractivity contribution < 1.29 is 19.0 Å². The monoisotopic (exact) mass is 683 g/mol. The zero-order valence-electron chi connectivity index (χ0n) is 31.4. The highest BCUT2D eigenvalue weighted by molar-refractivity contribution is 5.84. The number of carbonyl (C=O) groups is 1. The van der Waals surface area contributed by atoms with E-state index in [1.165, 1.54) is 35.2 Å².